The summed E-state index contributed by atoms with van der Waals surface area (Å²) < 4.78 is 24.8. The summed E-state index contributed by atoms with van der Waals surface area (Å²) in [4.78, 5) is 11.6. The monoisotopic (exact) mass is 242 g/mol. The largest absolute Gasteiger partial charge is 0.399 e. The van der Waals surface area contributed by atoms with Gasteiger partial charge < -0.3 is 5.73 Å². The van der Waals surface area contributed by atoms with Crippen molar-refractivity contribution in [2.75, 3.05) is 5.73 Å². The van der Waals surface area contributed by atoms with Crippen LogP contribution in [0.25, 0.3) is 0 Å². The summed E-state index contributed by atoms with van der Waals surface area (Å²) in [7, 11) is -3.60. The van der Waals surface area contributed by atoms with Crippen molar-refractivity contribution in [3.63, 3.8) is 0 Å². The number of carbonyl (C=O) groups excluding carboxylic acids is 1. The molecule has 0 spiro atoms. The van der Waals surface area contributed by atoms with E-state index >= 15 is 0 Å². The number of rotatable bonds is 3. The molecule has 5 nitrogen and oxygen atoms in total. The van der Waals surface area contributed by atoms with Crippen molar-refractivity contribution in [2.45, 2.75) is 19.1 Å². The SMILES string of the molecule is CC(C)S(=O)(=O)NC(=O)c1cccc(N)c1. The van der Waals surface area contributed by atoms with Crippen molar-refractivity contribution in [2.24, 2.45) is 0 Å². The highest BCUT2D eigenvalue weighted by Crippen LogP contribution is 2.07. The summed E-state index contributed by atoms with van der Waals surface area (Å²) in [5, 5.41) is -0.655. The van der Waals surface area contributed by atoms with Gasteiger partial charge in [0.2, 0.25) is 10.0 Å². The normalized spacial score (nSPS) is 11.4. The van der Waals surface area contributed by atoms with Gasteiger partial charge in [0.15, 0.2) is 0 Å². The van der Waals surface area contributed by atoms with Crippen LogP contribution in [0.3, 0.4) is 0 Å². The molecule has 1 amide bonds. The number of amides is 1. The fourth-order valence-corrected chi connectivity index (χ4v) is 1.60. The Morgan fingerprint density at radius 3 is 2.50 bits per heavy atom. The molecule has 0 bridgehead atoms. The average Bonchev–Trinajstić information content (AvgIpc) is 2.16. The molecular formula is C10H14N2O3S. The molecule has 0 aliphatic carbocycles. The van der Waals surface area contributed by atoms with Gasteiger partial charge in [-0.3, -0.25) is 4.79 Å². The second kappa shape index (κ2) is 4.52. The van der Waals surface area contributed by atoms with Crippen molar-refractivity contribution >= 4 is 21.6 Å². The molecular weight excluding hydrogens is 228 g/mol. The lowest BCUT2D eigenvalue weighted by Crippen LogP contribution is -2.35. The molecule has 0 aromatic heterocycles. The summed E-state index contributed by atoms with van der Waals surface area (Å²) in [5.74, 6) is -0.666. The third kappa shape index (κ3) is 2.96. The lowest BCUT2D eigenvalue weighted by atomic mass is 10.2. The van der Waals surface area contributed by atoms with E-state index in [0.717, 1.165) is 0 Å². The van der Waals surface area contributed by atoms with E-state index in [1.54, 1.807) is 12.1 Å². The molecule has 0 saturated heterocycles. The van der Waals surface area contributed by atoms with Gasteiger partial charge in [0, 0.05) is 11.3 Å². The Balaban J connectivity index is 2.90. The van der Waals surface area contributed by atoms with Crippen LogP contribution >= 0.6 is 0 Å². The number of hydrogen-bond acceptors (Lipinski definition) is 4. The number of sulfonamides is 1. The van der Waals surface area contributed by atoms with Crippen LogP contribution in [0.15, 0.2) is 24.3 Å². The van der Waals surface area contributed by atoms with Crippen LogP contribution in [-0.4, -0.2) is 19.6 Å². The minimum Gasteiger partial charge on any atom is -0.399 e. The van der Waals surface area contributed by atoms with Crippen LogP contribution in [-0.2, 0) is 10.0 Å². The fraction of sp³-hybridized carbons (Fsp3) is 0.300. The van der Waals surface area contributed by atoms with Crippen molar-refractivity contribution in [1.29, 1.82) is 0 Å². The van der Waals surface area contributed by atoms with Gasteiger partial charge in [-0.2, -0.15) is 0 Å². The Hall–Kier alpha value is -1.56. The number of nitrogens with one attached hydrogen (secondary N) is 1. The minimum atomic E-state index is -3.60. The molecule has 0 aliphatic rings. The predicted octanol–water partition coefficient (Wildman–Crippen LogP) is 0.737. The quantitative estimate of drug-likeness (QED) is 0.765. The van der Waals surface area contributed by atoms with E-state index in [4.69, 9.17) is 5.73 Å². The van der Waals surface area contributed by atoms with Crippen LogP contribution < -0.4 is 10.5 Å². The van der Waals surface area contributed by atoms with E-state index in [1.165, 1.54) is 26.0 Å². The molecule has 0 heterocycles. The molecule has 0 unspecified atom stereocenters. The second-order valence-electron chi connectivity index (χ2n) is 3.65. The number of benzene rings is 1. The van der Waals surface area contributed by atoms with Gasteiger partial charge >= 0.3 is 0 Å². The van der Waals surface area contributed by atoms with Gasteiger partial charge in [-0.15, -0.1) is 0 Å². The Kier molecular flexibility index (Phi) is 3.54. The van der Waals surface area contributed by atoms with E-state index in [9.17, 15) is 13.2 Å². The molecule has 0 atom stereocenters. The molecule has 0 fully saturated rings. The van der Waals surface area contributed by atoms with Crippen LogP contribution in [0.2, 0.25) is 0 Å². The summed E-state index contributed by atoms with van der Waals surface area (Å²) in [5.41, 5.74) is 6.13. The van der Waals surface area contributed by atoms with E-state index in [2.05, 4.69) is 0 Å². The van der Waals surface area contributed by atoms with Crippen LogP contribution in [0.4, 0.5) is 5.69 Å². The number of nitrogens with two attached hydrogens (primary N) is 1. The third-order valence-electron chi connectivity index (χ3n) is 2.00. The highest BCUT2D eigenvalue weighted by Gasteiger charge is 2.19. The minimum absolute atomic E-state index is 0.226. The molecule has 1 rings (SSSR count). The smallest absolute Gasteiger partial charge is 0.264 e. The van der Waals surface area contributed by atoms with Gasteiger partial charge in [0.25, 0.3) is 5.91 Å². The zero-order chi connectivity index (χ0) is 12.3. The average molecular weight is 242 g/mol. The maximum atomic E-state index is 11.6. The van der Waals surface area contributed by atoms with E-state index in [0.29, 0.717) is 5.69 Å². The van der Waals surface area contributed by atoms with Gasteiger partial charge in [0.1, 0.15) is 0 Å². The van der Waals surface area contributed by atoms with Crippen LogP contribution in [0.1, 0.15) is 24.2 Å². The number of nitrogen functional groups attached to an aromatic ring is 1. The van der Waals surface area contributed by atoms with Crippen molar-refractivity contribution in [1.82, 2.24) is 4.72 Å². The molecule has 6 heteroatoms. The zero-order valence-electron chi connectivity index (χ0n) is 9.10. The highest BCUT2D eigenvalue weighted by atomic mass is 32.2. The molecule has 88 valence electrons. The van der Waals surface area contributed by atoms with Crippen LogP contribution in [0, 0.1) is 0 Å². The first-order valence-corrected chi connectivity index (χ1v) is 6.29. The van der Waals surface area contributed by atoms with E-state index in [-0.39, 0.29) is 5.56 Å². The summed E-state index contributed by atoms with van der Waals surface area (Å²) in [6.45, 7) is 2.99. The Morgan fingerprint density at radius 2 is 2.00 bits per heavy atom. The fourth-order valence-electron chi connectivity index (χ4n) is 0.986. The van der Waals surface area contributed by atoms with Crippen LogP contribution in [0.5, 0.6) is 0 Å². The molecule has 0 radical (unpaired) electrons. The maximum Gasteiger partial charge on any atom is 0.264 e. The van der Waals surface area contributed by atoms with Gasteiger partial charge in [-0.25, -0.2) is 13.1 Å². The maximum absolute atomic E-state index is 11.6. The molecule has 0 saturated carbocycles. The second-order valence-corrected chi connectivity index (χ2v) is 5.89. The first kappa shape index (κ1) is 12.5. The molecule has 0 aliphatic heterocycles. The van der Waals surface area contributed by atoms with E-state index in [1.807, 2.05) is 4.72 Å². The molecule has 1 aromatic carbocycles. The standard InChI is InChI=1S/C10H14N2O3S/c1-7(2)16(14,15)12-10(13)8-4-3-5-9(11)6-8/h3-7H,11H2,1-2H3,(H,12,13). The van der Waals surface area contributed by atoms with Crippen molar-refractivity contribution in [3.8, 4) is 0 Å². The number of hydrogen-bond donors (Lipinski definition) is 2. The highest BCUT2D eigenvalue weighted by molar-refractivity contribution is 7.90. The Bertz CT molecular complexity index is 495. The third-order valence-corrected chi connectivity index (χ3v) is 3.72. The van der Waals surface area contributed by atoms with E-state index < -0.39 is 21.2 Å². The van der Waals surface area contributed by atoms with Crippen molar-refractivity contribution in [3.05, 3.63) is 29.8 Å². The Morgan fingerprint density at radius 1 is 1.38 bits per heavy atom. The first-order chi connectivity index (χ1) is 7.33. The predicted molar refractivity (Wildman–Crippen MR) is 62.4 cm³/mol. The lowest BCUT2D eigenvalue weighted by Gasteiger charge is -2.09. The van der Waals surface area contributed by atoms with Gasteiger partial charge in [0.05, 0.1) is 5.25 Å². The summed E-state index contributed by atoms with van der Waals surface area (Å²) in [6.07, 6.45) is 0. The zero-order valence-corrected chi connectivity index (χ0v) is 9.91. The summed E-state index contributed by atoms with van der Waals surface area (Å²) in [6, 6.07) is 6.13. The molecule has 16 heavy (non-hydrogen) atoms. The molecule has 1 aromatic rings. The van der Waals surface area contributed by atoms with Gasteiger partial charge in [-0.05, 0) is 32.0 Å². The Labute approximate surface area is 94.7 Å². The lowest BCUT2D eigenvalue weighted by molar-refractivity contribution is 0.0981. The topological polar surface area (TPSA) is 89.3 Å². The summed E-state index contributed by atoms with van der Waals surface area (Å²) >= 11 is 0. The molecule has 3 N–H and O–H groups in total. The number of carbonyl (C=O) groups is 1. The van der Waals surface area contributed by atoms with Crippen molar-refractivity contribution < 1.29 is 13.2 Å². The number of anilines is 1. The van der Waals surface area contributed by atoms with Gasteiger partial charge in [-0.1, -0.05) is 6.07 Å². The first-order valence-electron chi connectivity index (χ1n) is 4.74.